The fourth-order valence-electron chi connectivity index (χ4n) is 1.12. The summed E-state index contributed by atoms with van der Waals surface area (Å²) in [4.78, 5) is 17.3. The summed E-state index contributed by atoms with van der Waals surface area (Å²) in [6.45, 7) is 2.12. The smallest absolute Gasteiger partial charge is 0.142 e. The van der Waals surface area contributed by atoms with E-state index < -0.39 is 0 Å². The topological polar surface area (TPSA) is 45.8 Å². The first kappa shape index (κ1) is 11.0. The summed E-state index contributed by atoms with van der Waals surface area (Å²) in [5.41, 5.74) is 0.630. The zero-order valence-electron chi connectivity index (χ0n) is 8.09. The zero-order valence-corrected chi connectivity index (χ0v) is 8.84. The van der Waals surface area contributed by atoms with E-state index in [1.807, 2.05) is 0 Å². The Morgan fingerprint density at radius 3 is 3.00 bits per heavy atom. The van der Waals surface area contributed by atoms with Gasteiger partial charge in [-0.1, -0.05) is 24.9 Å². The molecule has 0 fully saturated rings. The van der Waals surface area contributed by atoms with Crippen molar-refractivity contribution < 1.29 is 4.79 Å². The molecule has 0 bridgehead atoms. The number of unbranched alkanes of at least 4 members (excludes halogenated alkanes) is 1. The van der Waals surface area contributed by atoms with Crippen LogP contribution in [-0.4, -0.2) is 16.3 Å². The van der Waals surface area contributed by atoms with Gasteiger partial charge in [0.1, 0.15) is 23.0 Å². The summed E-state index contributed by atoms with van der Waals surface area (Å²) in [5.74, 6) is 0.877. The van der Waals surface area contributed by atoms with Crippen molar-refractivity contribution in [2.75, 3.05) is 0 Å². The van der Waals surface area contributed by atoms with Crippen LogP contribution < -0.4 is 0 Å². The van der Waals surface area contributed by atoms with Crippen molar-refractivity contribution in [2.45, 2.75) is 26.2 Å². The lowest BCUT2D eigenvalue weighted by Crippen LogP contribution is -1.86. The number of halogens is 1. The van der Waals surface area contributed by atoms with Crippen LogP contribution in [0.25, 0.3) is 6.08 Å². The van der Waals surface area contributed by atoms with Crippen molar-refractivity contribution in [2.24, 2.45) is 0 Å². The lowest BCUT2D eigenvalue weighted by atomic mass is 10.2. The van der Waals surface area contributed by atoms with Crippen LogP contribution in [0.2, 0.25) is 5.15 Å². The van der Waals surface area contributed by atoms with E-state index in [0.29, 0.717) is 17.1 Å². The highest BCUT2D eigenvalue weighted by molar-refractivity contribution is 6.30. The van der Waals surface area contributed by atoms with Crippen molar-refractivity contribution in [1.82, 2.24) is 9.97 Å². The monoisotopic (exact) mass is 212 g/mol. The number of hydrogen-bond donors (Lipinski definition) is 1. The van der Waals surface area contributed by atoms with Crippen molar-refractivity contribution in [3.63, 3.8) is 0 Å². The number of allylic oxidation sites excluding steroid dienone is 1. The lowest BCUT2D eigenvalue weighted by molar-refractivity contribution is -0.104. The van der Waals surface area contributed by atoms with Gasteiger partial charge in [-0.2, -0.15) is 0 Å². The average molecular weight is 213 g/mol. The number of H-pyrrole nitrogens is 1. The van der Waals surface area contributed by atoms with Crippen LogP contribution in [0.3, 0.4) is 0 Å². The first-order valence-corrected chi connectivity index (χ1v) is 5.02. The van der Waals surface area contributed by atoms with E-state index >= 15 is 0 Å². The van der Waals surface area contributed by atoms with Crippen LogP contribution in [0.4, 0.5) is 0 Å². The van der Waals surface area contributed by atoms with Gasteiger partial charge in [0.15, 0.2) is 0 Å². The third kappa shape index (κ3) is 3.00. The van der Waals surface area contributed by atoms with Gasteiger partial charge in [0, 0.05) is 6.42 Å². The first-order valence-electron chi connectivity index (χ1n) is 4.64. The molecule has 0 aliphatic rings. The van der Waals surface area contributed by atoms with Gasteiger partial charge < -0.3 is 4.98 Å². The van der Waals surface area contributed by atoms with Crippen LogP contribution in [0.5, 0.6) is 0 Å². The van der Waals surface area contributed by atoms with Crippen LogP contribution in [0, 0.1) is 0 Å². The van der Waals surface area contributed by atoms with Gasteiger partial charge in [-0.15, -0.1) is 0 Å². The normalized spacial score (nSPS) is 11.0. The number of aryl methyl sites for hydroxylation is 1. The van der Waals surface area contributed by atoms with Crippen LogP contribution in [0.15, 0.2) is 6.08 Å². The molecule has 0 radical (unpaired) electrons. The molecule has 3 nitrogen and oxygen atoms in total. The Hall–Kier alpha value is -1.09. The second-order valence-corrected chi connectivity index (χ2v) is 3.36. The summed E-state index contributed by atoms with van der Waals surface area (Å²) in [7, 11) is 0. The molecular weight excluding hydrogens is 200 g/mol. The molecule has 76 valence electrons. The Bertz CT molecular complexity index is 331. The maximum atomic E-state index is 10.1. The number of nitrogens with one attached hydrogen (secondary N) is 1. The van der Waals surface area contributed by atoms with Crippen LogP contribution >= 0.6 is 11.6 Å². The standard InChI is InChI=1S/C10H13ClN2O/c1-2-3-6-9-12-8(5-4-7-14)10(11)13-9/h4-5,7H,2-3,6H2,1H3,(H,12,13). The molecule has 0 unspecified atom stereocenters. The van der Waals surface area contributed by atoms with E-state index in [2.05, 4.69) is 16.9 Å². The van der Waals surface area contributed by atoms with E-state index in [9.17, 15) is 4.79 Å². The third-order valence-electron chi connectivity index (χ3n) is 1.83. The van der Waals surface area contributed by atoms with E-state index in [1.54, 1.807) is 6.08 Å². The minimum Gasteiger partial charge on any atom is -0.333 e. The largest absolute Gasteiger partial charge is 0.333 e. The van der Waals surface area contributed by atoms with Crippen molar-refractivity contribution in [3.05, 3.63) is 22.7 Å². The van der Waals surface area contributed by atoms with Crippen molar-refractivity contribution in [3.8, 4) is 0 Å². The van der Waals surface area contributed by atoms with Crippen molar-refractivity contribution in [1.29, 1.82) is 0 Å². The van der Waals surface area contributed by atoms with E-state index in [-0.39, 0.29) is 0 Å². The van der Waals surface area contributed by atoms with Gasteiger partial charge in [0.25, 0.3) is 0 Å². The fourth-order valence-corrected chi connectivity index (χ4v) is 1.33. The number of hydrogen-bond acceptors (Lipinski definition) is 2. The molecule has 0 saturated carbocycles. The van der Waals surface area contributed by atoms with Crippen LogP contribution in [0.1, 0.15) is 31.3 Å². The Labute approximate surface area is 88.2 Å². The van der Waals surface area contributed by atoms with Crippen LogP contribution in [-0.2, 0) is 11.2 Å². The summed E-state index contributed by atoms with van der Waals surface area (Å²) in [6, 6.07) is 0. The molecule has 0 saturated heterocycles. The van der Waals surface area contributed by atoms with Gasteiger partial charge in [-0.05, 0) is 18.6 Å². The second kappa shape index (κ2) is 5.60. The molecule has 0 aliphatic heterocycles. The number of carbonyl (C=O) groups excluding carboxylic acids is 1. The quantitative estimate of drug-likeness (QED) is 0.603. The average Bonchev–Trinajstić information content (AvgIpc) is 2.53. The molecule has 0 amide bonds. The Morgan fingerprint density at radius 2 is 2.36 bits per heavy atom. The maximum Gasteiger partial charge on any atom is 0.142 e. The third-order valence-corrected chi connectivity index (χ3v) is 2.12. The molecule has 1 N–H and O–H groups in total. The zero-order chi connectivity index (χ0) is 10.4. The van der Waals surface area contributed by atoms with Gasteiger partial charge in [0.05, 0.1) is 0 Å². The summed E-state index contributed by atoms with van der Waals surface area (Å²) in [5, 5.41) is 0.495. The number of aromatic amines is 1. The number of aromatic nitrogens is 2. The van der Waals surface area contributed by atoms with E-state index in [4.69, 9.17) is 11.6 Å². The molecule has 1 rings (SSSR count). The summed E-state index contributed by atoms with van der Waals surface area (Å²) >= 11 is 5.87. The number of rotatable bonds is 5. The molecule has 0 atom stereocenters. The van der Waals surface area contributed by atoms with Gasteiger partial charge in [0.2, 0.25) is 0 Å². The maximum absolute atomic E-state index is 10.1. The molecule has 0 aromatic carbocycles. The minimum absolute atomic E-state index is 0.495. The molecule has 1 aromatic heterocycles. The highest BCUT2D eigenvalue weighted by Gasteiger charge is 2.04. The lowest BCUT2D eigenvalue weighted by Gasteiger charge is -1.90. The van der Waals surface area contributed by atoms with Gasteiger partial charge in [-0.3, -0.25) is 4.79 Å². The van der Waals surface area contributed by atoms with Crippen molar-refractivity contribution >= 4 is 24.0 Å². The Balaban J connectivity index is 2.71. The van der Waals surface area contributed by atoms with E-state index in [1.165, 1.54) is 6.08 Å². The Kier molecular flexibility index (Phi) is 4.40. The molecule has 1 aromatic rings. The fraction of sp³-hybridized carbons (Fsp3) is 0.400. The first-order chi connectivity index (χ1) is 6.77. The predicted molar refractivity (Wildman–Crippen MR) is 57.3 cm³/mol. The van der Waals surface area contributed by atoms with Gasteiger partial charge in [-0.25, -0.2) is 4.98 Å². The SMILES string of the molecule is CCCCc1nc(C=CC=O)c(Cl)[nH]1. The van der Waals surface area contributed by atoms with Gasteiger partial charge >= 0.3 is 0 Å². The number of imidazole rings is 1. The molecule has 4 heteroatoms. The number of carbonyl (C=O) groups is 1. The molecular formula is C10H13ClN2O. The van der Waals surface area contributed by atoms with E-state index in [0.717, 1.165) is 25.1 Å². The molecule has 14 heavy (non-hydrogen) atoms. The number of aldehydes is 1. The number of nitrogens with zero attached hydrogens (tertiary/aromatic N) is 1. The molecule has 0 spiro atoms. The minimum atomic E-state index is 0.495. The molecule has 0 aliphatic carbocycles. The second-order valence-electron chi connectivity index (χ2n) is 2.98. The highest BCUT2D eigenvalue weighted by atomic mass is 35.5. The summed E-state index contributed by atoms with van der Waals surface area (Å²) < 4.78 is 0. The predicted octanol–water partition coefficient (Wildman–Crippen LogP) is 2.62. The molecule has 1 heterocycles. The summed E-state index contributed by atoms with van der Waals surface area (Å²) in [6.07, 6.45) is 6.79. The highest BCUT2D eigenvalue weighted by Crippen LogP contribution is 2.15. The Morgan fingerprint density at radius 1 is 1.57 bits per heavy atom.